The van der Waals surface area contributed by atoms with Crippen molar-refractivity contribution in [1.29, 1.82) is 0 Å². The molecule has 0 atom stereocenters. The number of nitrogens with zero attached hydrogens (tertiary/aromatic N) is 1. The monoisotopic (exact) mass is 257 g/mol. The minimum absolute atomic E-state index is 0.109. The van der Waals surface area contributed by atoms with E-state index in [2.05, 4.69) is 0 Å². The van der Waals surface area contributed by atoms with Crippen molar-refractivity contribution in [3.8, 4) is 0 Å². The molecule has 96 valence electrons. The predicted molar refractivity (Wildman–Crippen MR) is 59.6 cm³/mol. The second-order valence-electron chi connectivity index (χ2n) is 4.11. The highest BCUT2D eigenvalue weighted by Gasteiger charge is 2.40. The molecule has 0 unspecified atom stereocenters. The average Bonchev–Trinajstić information content (AvgIpc) is 2.50. The van der Waals surface area contributed by atoms with Crippen molar-refractivity contribution in [3.63, 3.8) is 0 Å². The smallest absolute Gasteiger partial charge is 0.432 e. The largest absolute Gasteiger partial charge is 0.478 e. The fourth-order valence-electron chi connectivity index (χ4n) is 2.11. The highest BCUT2D eigenvalue weighted by atomic mass is 19.4. The van der Waals surface area contributed by atoms with Gasteiger partial charge in [0.15, 0.2) is 0 Å². The number of aryl methyl sites for hydroxylation is 2. The van der Waals surface area contributed by atoms with Gasteiger partial charge in [-0.2, -0.15) is 13.2 Å². The van der Waals surface area contributed by atoms with Gasteiger partial charge in [0.05, 0.1) is 5.56 Å². The van der Waals surface area contributed by atoms with Crippen LogP contribution in [0.1, 0.15) is 21.6 Å². The van der Waals surface area contributed by atoms with E-state index < -0.39 is 23.4 Å². The SMILES string of the molecule is Cc1ccc2c(c1)c(C(=O)O)c(C(F)(F)F)n2C. The molecular weight excluding hydrogens is 247 g/mol. The quantitative estimate of drug-likeness (QED) is 0.852. The van der Waals surface area contributed by atoms with E-state index in [0.717, 1.165) is 4.57 Å². The number of aromatic nitrogens is 1. The van der Waals surface area contributed by atoms with Crippen LogP contribution in [0.5, 0.6) is 0 Å². The summed E-state index contributed by atoms with van der Waals surface area (Å²) in [5.41, 5.74) is -0.853. The summed E-state index contributed by atoms with van der Waals surface area (Å²) in [6.07, 6.45) is -4.70. The van der Waals surface area contributed by atoms with Crippen LogP contribution in [0, 0.1) is 6.92 Å². The third kappa shape index (κ3) is 1.73. The Morgan fingerprint density at radius 3 is 2.44 bits per heavy atom. The van der Waals surface area contributed by atoms with E-state index in [-0.39, 0.29) is 10.9 Å². The zero-order valence-electron chi connectivity index (χ0n) is 9.67. The summed E-state index contributed by atoms with van der Waals surface area (Å²) < 4.78 is 39.6. The Labute approximate surface area is 100 Å². The summed E-state index contributed by atoms with van der Waals surface area (Å²) in [6, 6.07) is 4.59. The third-order valence-corrected chi connectivity index (χ3v) is 2.84. The Hall–Kier alpha value is -1.98. The molecule has 0 saturated heterocycles. The molecule has 0 fully saturated rings. The summed E-state index contributed by atoms with van der Waals surface area (Å²) >= 11 is 0. The van der Waals surface area contributed by atoms with Crippen LogP contribution >= 0.6 is 0 Å². The molecule has 1 aromatic carbocycles. The van der Waals surface area contributed by atoms with Gasteiger partial charge < -0.3 is 9.67 Å². The maximum atomic E-state index is 12.9. The normalized spacial score (nSPS) is 12.1. The van der Waals surface area contributed by atoms with Crippen molar-refractivity contribution in [1.82, 2.24) is 4.57 Å². The van der Waals surface area contributed by atoms with E-state index in [1.165, 1.54) is 19.2 Å². The highest BCUT2D eigenvalue weighted by molar-refractivity contribution is 6.05. The van der Waals surface area contributed by atoms with E-state index in [4.69, 9.17) is 5.11 Å². The minimum Gasteiger partial charge on any atom is -0.478 e. The van der Waals surface area contributed by atoms with E-state index in [1.807, 2.05) is 0 Å². The molecule has 0 bridgehead atoms. The zero-order valence-corrected chi connectivity index (χ0v) is 9.67. The molecule has 18 heavy (non-hydrogen) atoms. The third-order valence-electron chi connectivity index (χ3n) is 2.84. The van der Waals surface area contributed by atoms with Crippen molar-refractivity contribution in [2.75, 3.05) is 0 Å². The van der Waals surface area contributed by atoms with Gasteiger partial charge in [0.25, 0.3) is 0 Å². The zero-order chi connectivity index (χ0) is 13.7. The standard InChI is InChI=1S/C12H10F3NO2/c1-6-3-4-8-7(5-6)9(11(17)18)10(16(8)2)12(13,14)15/h3-5H,1-2H3,(H,17,18). The molecule has 0 aliphatic carbocycles. The van der Waals surface area contributed by atoms with Gasteiger partial charge in [0.2, 0.25) is 0 Å². The maximum absolute atomic E-state index is 12.9. The Kier molecular flexibility index (Phi) is 2.61. The number of fused-ring (bicyclic) bond motifs is 1. The Balaban J connectivity index is 2.97. The molecule has 6 heteroatoms. The van der Waals surface area contributed by atoms with Crippen LogP contribution < -0.4 is 0 Å². The number of halogens is 3. The molecule has 0 aliphatic rings. The van der Waals surface area contributed by atoms with Crippen molar-refractivity contribution < 1.29 is 23.1 Å². The number of hydrogen-bond donors (Lipinski definition) is 1. The number of hydrogen-bond acceptors (Lipinski definition) is 1. The first kappa shape index (κ1) is 12.5. The van der Waals surface area contributed by atoms with Crippen LogP contribution in [0.3, 0.4) is 0 Å². The molecule has 3 nitrogen and oxygen atoms in total. The predicted octanol–water partition coefficient (Wildman–Crippen LogP) is 3.20. The van der Waals surface area contributed by atoms with Gasteiger partial charge in [-0.1, -0.05) is 11.6 Å². The van der Waals surface area contributed by atoms with Crippen LogP contribution in [-0.4, -0.2) is 15.6 Å². The van der Waals surface area contributed by atoms with E-state index in [0.29, 0.717) is 5.56 Å². The first-order valence-electron chi connectivity index (χ1n) is 5.13. The Morgan fingerprint density at radius 1 is 1.33 bits per heavy atom. The van der Waals surface area contributed by atoms with Crippen molar-refractivity contribution in [2.45, 2.75) is 13.1 Å². The number of rotatable bonds is 1. The summed E-state index contributed by atoms with van der Waals surface area (Å²) in [5.74, 6) is -1.57. The van der Waals surface area contributed by atoms with Gasteiger partial charge in [-0.25, -0.2) is 4.79 Å². The number of alkyl halides is 3. The van der Waals surface area contributed by atoms with E-state index in [9.17, 15) is 18.0 Å². The Morgan fingerprint density at radius 2 is 1.94 bits per heavy atom. The van der Waals surface area contributed by atoms with Crippen LogP contribution in [0.25, 0.3) is 10.9 Å². The van der Waals surface area contributed by atoms with Crippen molar-refractivity contribution in [2.24, 2.45) is 7.05 Å². The number of carbonyl (C=O) groups is 1. The molecular formula is C12H10F3NO2. The number of aromatic carboxylic acids is 1. The molecule has 0 saturated carbocycles. The van der Waals surface area contributed by atoms with Gasteiger partial charge in [-0.15, -0.1) is 0 Å². The molecule has 0 aliphatic heterocycles. The second kappa shape index (κ2) is 3.76. The lowest BCUT2D eigenvalue weighted by Gasteiger charge is -2.09. The minimum atomic E-state index is -4.70. The lowest BCUT2D eigenvalue weighted by molar-refractivity contribution is -0.143. The fourth-order valence-corrected chi connectivity index (χ4v) is 2.11. The average molecular weight is 257 g/mol. The summed E-state index contributed by atoms with van der Waals surface area (Å²) in [7, 11) is 1.22. The fraction of sp³-hybridized carbons (Fsp3) is 0.250. The number of carboxylic acids is 1. The topological polar surface area (TPSA) is 42.2 Å². The lowest BCUT2D eigenvalue weighted by atomic mass is 10.1. The summed E-state index contributed by atoms with van der Waals surface area (Å²) in [6.45, 7) is 1.70. The Bertz CT molecular complexity index is 641. The summed E-state index contributed by atoms with van der Waals surface area (Å²) in [4.78, 5) is 11.1. The van der Waals surface area contributed by atoms with E-state index >= 15 is 0 Å². The molecule has 0 spiro atoms. The van der Waals surface area contributed by atoms with Crippen molar-refractivity contribution in [3.05, 3.63) is 35.0 Å². The highest BCUT2D eigenvalue weighted by Crippen LogP contribution is 2.37. The number of benzene rings is 1. The van der Waals surface area contributed by atoms with Gasteiger partial charge in [0, 0.05) is 18.0 Å². The number of carboxylic acid groups (broad SMARTS) is 1. The van der Waals surface area contributed by atoms with Gasteiger partial charge in [0.1, 0.15) is 5.69 Å². The van der Waals surface area contributed by atoms with Crippen LogP contribution in [0.15, 0.2) is 18.2 Å². The molecule has 0 amide bonds. The lowest BCUT2D eigenvalue weighted by Crippen LogP contribution is -2.15. The molecule has 1 aromatic heterocycles. The van der Waals surface area contributed by atoms with E-state index in [1.54, 1.807) is 13.0 Å². The first-order valence-corrected chi connectivity index (χ1v) is 5.13. The van der Waals surface area contributed by atoms with Crippen LogP contribution in [0.2, 0.25) is 0 Å². The van der Waals surface area contributed by atoms with Gasteiger partial charge >= 0.3 is 12.1 Å². The van der Waals surface area contributed by atoms with Crippen molar-refractivity contribution >= 4 is 16.9 Å². The first-order chi connectivity index (χ1) is 8.23. The van der Waals surface area contributed by atoms with Gasteiger partial charge in [-0.05, 0) is 19.1 Å². The van der Waals surface area contributed by atoms with Crippen LogP contribution in [0.4, 0.5) is 13.2 Å². The van der Waals surface area contributed by atoms with Gasteiger partial charge in [-0.3, -0.25) is 0 Å². The molecule has 1 heterocycles. The van der Waals surface area contributed by atoms with Crippen LogP contribution in [-0.2, 0) is 13.2 Å². The second-order valence-corrected chi connectivity index (χ2v) is 4.11. The summed E-state index contributed by atoms with van der Waals surface area (Å²) in [5, 5.41) is 9.13. The molecule has 2 rings (SSSR count). The molecule has 2 aromatic rings. The molecule has 1 N–H and O–H groups in total. The molecule has 0 radical (unpaired) electrons. The maximum Gasteiger partial charge on any atom is 0.432 e.